The Bertz CT molecular complexity index is 484. The van der Waals surface area contributed by atoms with Gasteiger partial charge in [0.25, 0.3) is 5.91 Å². The van der Waals surface area contributed by atoms with Crippen LogP contribution in [0.4, 0.5) is 11.4 Å². The SMILES string of the molecule is CCNC(=O)c1ccc(NCC(C)(O)CC(C)C)c(N)c1. The van der Waals surface area contributed by atoms with Gasteiger partial charge in [-0.3, -0.25) is 4.79 Å². The van der Waals surface area contributed by atoms with Gasteiger partial charge in [-0.25, -0.2) is 0 Å². The van der Waals surface area contributed by atoms with Crippen LogP contribution in [0.2, 0.25) is 0 Å². The highest BCUT2D eigenvalue weighted by atomic mass is 16.3. The van der Waals surface area contributed by atoms with Gasteiger partial charge in [0.05, 0.1) is 17.0 Å². The van der Waals surface area contributed by atoms with Gasteiger partial charge >= 0.3 is 0 Å². The minimum atomic E-state index is -0.793. The maximum atomic E-state index is 11.7. The maximum absolute atomic E-state index is 11.7. The normalized spacial score (nSPS) is 13.8. The van der Waals surface area contributed by atoms with Crippen molar-refractivity contribution in [2.24, 2.45) is 5.92 Å². The molecule has 0 heterocycles. The van der Waals surface area contributed by atoms with Crippen LogP contribution in [0.5, 0.6) is 0 Å². The third-order valence-electron chi connectivity index (χ3n) is 3.16. The van der Waals surface area contributed by atoms with E-state index in [1.807, 2.05) is 6.92 Å². The summed E-state index contributed by atoms with van der Waals surface area (Å²) in [6, 6.07) is 5.14. The molecular formula is C16H27N3O2. The molecule has 0 saturated heterocycles. The number of nitrogens with two attached hydrogens (primary N) is 1. The van der Waals surface area contributed by atoms with Gasteiger partial charge in [0.2, 0.25) is 0 Å². The summed E-state index contributed by atoms with van der Waals surface area (Å²) in [4.78, 5) is 11.7. The highest BCUT2D eigenvalue weighted by Crippen LogP contribution is 2.22. The molecule has 0 aliphatic heterocycles. The minimum absolute atomic E-state index is 0.137. The molecule has 0 saturated carbocycles. The lowest BCUT2D eigenvalue weighted by atomic mass is 9.94. The first-order valence-electron chi connectivity index (χ1n) is 7.39. The number of nitrogen functional groups attached to an aromatic ring is 1. The number of rotatable bonds is 7. The molecule has 0 radical (unpaired) electrons. The maximum Gasteiger partial charge on any atom is 0.251 e. The number of nitrogens with one attached hydrogen (secondary N) is 2. The largest absolute Gasteiger partial charge is 0.397 e. The Morgan fingerprint density at radius 3 is 2.62 bits per heavy atom. The Morgan fingerprint density at radius 1 is 1.43 bits per heavy atom. The van der Waals surface area contributed by atoms with Crippen molar-refractivity contribution in [3.8, 4) is 0 Å². The smallest absolute Gasteiger partial charge is 0.251 e. The van der Waals surface area contributed by atoms with E-state index in [2.05, 4.69) is 24.5 Å². The van der Waals surface area contributed by atoms with Crippen molar-refractivity contribution in [3.05, 3.63) is 23.8 Å². The van der Waals surface area contributed by atoms with Gasteiger partial charge in [-0.1, -0.05) is 13.8 Å². The molecule has 21 heavy (non-hydrogen) atoms. The number of carbonyl (C=O) groups is 1. The molecule has 0 bridgehead atoms. The van der Waals surface area contributed by atoms with E-state index in [4.69, 9.17) is 5.73 Å². The molecule has 0 spiro atoms. The average molecular weight is 293 g/mol. The Hall–Kier alpha value is -1.75. The highest BCUT2D eigenvalue weighted by molar-refractivity contribution is 5.96. The van der Waals surface area contributed by atoms with Crippen molar-refractivity contribution in [2.45, 2.75) is 39.7 Å². The van der Waals surface area contributed by atoms with Crippen molar-refractivity contribution in [1.29, 1.82) is 0 Å². The lowest BCUT2D eigenvalue weighted by molar-refractivity contribution is 0.0515. The number of hydrogen-bond acceptors (Lipinski definition) is 4. The average Bonchev–Trinajstić information content (AvgIpc) is 2.36. The van der Waals surface area contributed by atoms with E-state index < -0.39 is 5.60 Å². The van der Waals surface area contributed by atoms with Crippen molar-refractivity contribution >= 4 is 17.3 Å². The van der Waals surface area contributed by atoms with Crippen LogP contribution in [-0.2, 0) is 0 Å². The van der Waals surface area contributed by atoms with Gasteiger partial charge in [0.1, 0.15) is 0 Å². The third-order valence-corrected chi connectivity index (χ3v) is 3.16. The number of aliphatic hydroxyl groups is 1. The summed E-state index contributed by atoms with van der Waals surface area (Å²) in [7, 11) is 0. The molecule has 0 fully saturated rings. The Labute approximate surface area is 126 Å². The fourth-order valence-corrected chi connectivity index (χ4v) is 2.36. The van der Waals surface area contributed by atoms with Gasteiger partial charge in [0.15, 0.2) is 0 Å². The Kier molecular flexibility index (Phi) is 6.03. The molecule has 0 aromatic heterocycles. The van der Waals surface area contributed by atoms with Crippen LogP contribution in [0.15, 0.2) is 18.2 Å². The van der Waals surface area contributed by atoms with Gasteiger partial charge in [-0.15, -0.1) is 0 Å². The second-order valence-corrected chi connectivity index (χ2v) is 6.11. The molecule has 5 heteroatoms. The van der Waals surface area contributed by atoms with Gasteiger partial charge in [0, 0.05) is 18.7 Å². The zero-order chi connectivity index (χ0) is 16.0. The summed E-state index contributed by atoms with van der Waals surface area (Å²) in [5.41, 5.74) is 6.93. The lowest BCUT2D eigenvalue weighted by Crippen LogP contribution is -2.35. The predicted molar refractivity (Wildman–Crippen MR) is 87.4 cm³/mol. The summed E-state index contributed by atoms with van der Waals surface area (Å²) in [5, 5.41) is 16.2. The fourth-order valence-electron chi connectivity index (χ4n) is 2.36. The van der Waals surface area contributed by atoms with Crippen molar-refractivity contribution in [2.75, 3.05) is 24.1 Å². The Morgan fingerprint density at radius 2 is 2.10 bits per heavy atom. The molecule has 1 aromatic carbocycles. The highest BCUT2D eigenvalue weighted by Gasteiger charge is 2.21. The van der Waals surface area contributed by atoms with Crippen LogP contribution >= 0.6 is 0 Å². The first-order chi connectivity index (χ1) is 9.75. The van der Waals surface area contributed by atoms with Crippen LogP contribution < -0.4 is 16.4 Å². The second kappa shape index (κ2) is 7.31. The summed E-state index contributed by atoms with van der Waals surface area (Å²) in [5.74, 6) is 0.279. The molecular weight excluding hydrogens is 266 g/mol. The quantitative estimate of drug-likeness (QED) is 0.581. The summed E-state index contributed by atoms with van der Waals surface area (Å²) < 4.78 is 0. The topological polar surface area (TPSA) is 87.4 Å². The van der Waals surface area contributed by atoms with E-state index in [9.17, 15) is 9.90 Å². The van der Waals surface area contributed by atoms with E-state index in [-0.39, 0.29) is 5.91 Å². The van der Waals surface area contributed by atoms with E-state index >= 15 is 0 Å². The summed E-state index contributed by atoms with van der Waals surface area (Å²) >= 11 is 0. The number of hydrogen-bond donors (Lipinski definition) is 4. The van der Waals surface area contributed by atoms with Crippen molar-refractivity contribution < 1.29 is 9.90 Å². The number of amides is 1. The first kappa shape index (κ1) is 17.3. The molecule has 0 aliphatic rings. The molecule has 5 N–H and O–H groups in total. The van der Waals surface area contributed by atoms with Gasteiger partial charge < -0.3 is 21.5 Å². The van der Waals surface area contributed by atoms with E-state index in [1.165, 1.54) is 0 Å². The molecule has 0 aliphatic carbocycles. The molecule has 1 unspecified atom stereocenters. The summed E-state index contributed by atoms with van der Waals surface area (Å²) in [6.07, 6.45) is 0.705. The summed E-state index contributed by atoms with van der Waals surface area (Å²) in [6.45, 7) is 8.81. The standard InChI is InChI=1S/C16H27N3O2/c1-5-18-15(20)12-6-7-14(13(17)8-12)19-10-16(4,21)9-11(2)3/h6-8,11,19,21H,5,9-10,17H2,1-4H3,(H,18,20). The van der Waals surface area contributed by atoms with Crippen LogP contribution in [0.1, 0.15) is 44.5 Å². The lowest BCUT2D eigenvalue weighted by Gasteiger charge is -2.26. The van der Waals surface area contributed by atoms with E-state index in [0.29, 0.717) is 36.7 Å². The van der Waals surface area contributed by atoms with Gasteiger partial charge in [-0.2, -0.15) is 0 Å². The Balaban J connectivity index is 2.71. The van der Waals surface area contributed by atoms with Crippen LogP contribution in [-0.4, -0.2) is 29.7 Å². The monoisotopic (exact) mass is 293 g/mol. The number of benzene rings is 1. The third kappa shape index (κ3) is 5.63. The first-order valence-corrected chi connectivity index (χ1v) is 7.39. The van der Waals surface area contributed by atoms with Crippen LogP contribution in [0.25, 0.3) is 0 Å². The molecule has 1 aromatic rings. The van der Waals surface area contributed by atoms with E-state index in [0.717, 1.165) is 5.69 Å². The molecule has 1 atom stereocenters. The molecule has 118 valence electrons. The minimum Gasteiger partial charge on any atom is -0.397 e. The van der Waals surface area contributed by atoms with Crippen molar-refractivity contribution in [3.63, 3.8) is 0 Å². The molecule has 1 amide bonds. The van der Waals surface area contributed by atoms with Crippen molar-refractivity contribution in [1.82, 2.24) is 5.32 Å². The number of carbonyl (C=O) groups excluding carboxylic acids is 1. The molecule has 1 rings (SSSR count). The van der Waals surface area contributed by atoms with Crippen LogP contribution in [0, 0.1) is 5.92 Å². The number of anilines is 2. The zero-order valence-electron chi connectivity index (χ0n) is 13.4. The van der Waals surface area contributed by atoms with Crippen LogP contribution in [0.3, 0.4) is 0 Å². The second-order valence-electron chi connectivity index (χ2n) is 6.11. The zero-order valence-corrected chi connectivity index (χ0v) is 13.4. The molecule has 5 nitrogen and oxygen atoms in total. The van der Waals surface area contributed by atoms with Gasteiger partial charge in [-0.05, 0) is 44.4 Å². The van der Waals surface area contributed by atoms with E-state index in [1.54, 1.807) is 25.1 Å². The predicted octanol–water partition coefficient (Wildman–Crippen LogP) is 2.23. The fraction of sp³-hybridized carbons (Fsp3) is 0.562.